The summed E-state index contributed by atoms with van der Waals surface area (Å²) in [6.07, 6.45) is 0. The van der Waals surface area contributed by atoms with Crippen molar-refractivity contribution in [3.05, 3.63) is 27.2 Å². The number of phenolic OH excluding ortho intramolecular Hbond substituents is 1. The van der Waals surface area contributed by atoms with Gasteiger partial charge in [-0.25, -0.2) is 0 Å². The molecule has 0 spiro atoms. The number of aryl methyl sites for hydroxylation is 1. The molecule has 0 saturated carbocycles. The van der Waals surface area contributed by atoms with Gasteiger partial charge in [-0.3, -0.25) is 0 Å². The minimum absolute atomic E-state index is 0.0163. The van der Waals surface area contributed by atoms with Crippen LogP contribution in [0, 0.1) is 13.8 Å². The quantitative estimate of drug-likeness (QED) is 0.869. The lowest BCUT2D eigenvalue weighted by atomic mass is 9.81. The topological polar surface area (TPSA) is 40.5 Å². The Hall–Kier alpha value is -0.540. The van der Waals surface area contributed by atoms with Crippen molar-refractivity contribution >= 4 is 15.9 Å². The van der Waals surface area contributed by atoms with Crippen LogP contribution in [0.2, 0.25) is 0 Å². The summed E-state index contributed by atoms with van der Waals surface area (Å²) in [5.74, 6) is 0.279. The third-order valence-corrected chi connectivity index (χ3v) is 3.58. The van der Waals surface area contributed by atoms with Crippen molar-refractivity contribution in [3.63, 3.8) is 0 Å². The molecule has 84 valence electrons. The van der Waals surface area contributed by atoms with Crippen molar-refractivity contribution in [2.75, 3.05) is 6.61 Å². The number of rotatable bonds is 2. The van der Waals surface area contributed by atoms with E-state index in [1.54, 1.807) is 0 Å². The summed E-state index contributed by atoms with van der Waals surface area (Å²) in [6.45, 7) is 7.65. The zero-order valence-electron chi connectivity index (χ0n) is 9.56. The molecule has 2 N–H and O–H groups in total. The Bertz CT molecular complexity index is 384. The normalized spacial score (nSPS) is 11.9. The summed E-state index contributed by atoms with van der Waals surface area (Å²) in [6, 6.07) is 1.97. The molecule has 0 saturated heterocycles. The largest absolute Gasteiger partial charge is 0.507 e. The van der Waals surface area contributed by atoms with Crippen LogP contribution in [0.4, 0.5) is 0 Å². The number of halogens is 1. The molecule has 0 unspecified atom stereocenters. The Morgan fingerprint density at radius 2 is 1.87 bits per heavy atom. The molecule has 0 bridgehead atoms. The third kappa shape index (κ3) is 2.18. The Labute approximate surface area is 99.1 Å². The monoisotopic (exact) mass is 272 g/mol. The molecule has 0 amide bonds. The maximum Gasteiger partial charge on any atom is 0.123 e. The molecule has 0 radical (unpaired) electrons. The van der Waals surface area contributed by atoms with Crippen molar-refractivity contribution < 1.29 is 10.2 Å². The number of phenols is 1. The number of hydrogen-bond acceptors (Lipinski definition) is 2. The molecule has 0 aliphatic carbocycles. The van der Waals surface area contributed by atoms with Gasteiger partial charge < -0.3 is 10.2 Å². The van der Waals surface area contributed by atoms with Crippen molar-refractivity contribution in [1.29, 1.82) is 0 Å². The average Bonchev–Trinajstić information content (AvgIpc) is 2.14. The molecular weight excluding hydrogens is 256 g/mol. The van der Waals surface area contributed by atoms with E-state index in [-0.39, 0.29) is 12.4 Å². The van der Waals surface area contributed by atoms with E-state index in [9.17, 15) is 10.2 Å². The predicted octanol–water partition coefficient (Wildman–Crippen LogP) is 3.04. The van der Waals surface area contributed by atoms with Gasteiger partial charge in [-0.2, -0.15) is 0 Å². The van der Waals surface area contributed by atoms with Crippen LogP contribution in [0.3, 0.4) is 0 Å². The first-order valence-corrected chi connectivity index (χ1v) is 5.70. The second-order valence-electron chi connectivity index (χ2n) is 4.57. The maximum absolute atomic E-state index is 10.1. The Morgan fingerprint density at radius 3 is 2.33 bits per heavy atom. The predicted molar refractivity (Wildman–Crippen MR) is 65.4 cm³/mol. The lowest BCUT2D eigenvalue weighted by molar-refractivity contribution is 0.214. The lowest BCUT2D eigenvalue weighted by Crippen LogP contribution is -2.23. The van der Waals surface area contributed by atoms with E-state index in [1.165, 1.54) is 0 Å². The number of aliphatic hydroxyl groups is 1. The SMILES string of the molecule is Cc1cc(Br)c(C)c(O)c1C(C)(C)CO. The fourth-order valence-corrected chi connectivity index (χ4v) is 2.32. The highest BCUT2D eigenvalue weighted by Gasteiger charge is 2.26. The minimum atomic E-state index is -0.417. The third-order valence-electron chi connectivity index (χ3n) is 2.76. The van der Waals surface area contributed by atoms with Crippen molar-refractivity contribution in [3.8, 4) is 5.75 Å². The molecule has 1 rings (SSSR count). The number of aliphatic hydroxyl groups excluding tert-OH is 1. The number of benzene rings is 1. The zero-order chi connectivity index (χ0) is 11.8. The van der Waals surface area contributed by atoms with Crippen LogP contribution < -0.4 is 0 Å². The van der Waals surface area contributed by atoms with Gasteiger partial charge in [0.25, 0.3) is 0 Å². The van der Waals surface area contributed by atoms with Gasteiger partial charge >= 0.3 is 0 Å². The molecule has 0 atom stereocenters. The van der Waals surface area contributed by atoms with Gasteiger partial charge in [0.15, 0.2) is 0 Å². The summed E-state index contributed by atoms with van der Waals surface area (Å²) in [5.41, 5.74) is 2.21. The smallest absolute Gasteiger partial charge is 0.123 e. The first kappa shape index (κ1) is 12.5. The molecule has 0 aliphatic heterocycles. The Morgan fingerprint density at radius 1 is 1.33 bits per heavy atom. The van der Waals surface area contributed by atoms with E-state index in [4.69, 9.17) is 0 Å². The van der Waals surface area contributed by atoms with Gasteiger partial charge in [-0.15, -0.1) is 0 Å². The van der Waals surface area contributed by atoms with Gasteiger partial charge in [0.2, 0.25) is 0 Å². The fraction of sp³-hybridized carbons (Fsp3) is 0.500. The van der Waals surface area contributed by atoms with Crippen LogP contribution in [-0.4, -0.2) is 16.8 Å². The highest BCUT2D eigenvalue weighted by Crippen LogP contribution is 2.38. The van der Waals surface area contributed by atoms with Gasteiger partial charge in [0.05, 0.1) is 6.61 Å². The second kappa shape index (κ2) is 4.14. The first-order valence-electron chi connectivity index (χ1n) is 4.91. The summed E-state index contributed by atoms with van der Waals surface area (Å²) in [5, 5.41) is 19.4. The molecule has 0 aliphatic rings. The van der Waals surface area contributed by atoms with Gasteiger partial charge in [-0.05, 0) is 25.5 Å². The molecular formula is C12H17BrO2. The van der Waals surface area contributed by atoms with Crippen LogP contribution in [0.1, 0.15) is 30.5 Å². The fourth-order valence-electron chi connectivity index (χ4n) is 1.79. The summed E-state index contributed by atoms with van der Waals surface area (Å²) < 4.78 is 0.898. The van der Waals surface area contributed by atoms with E-state index in [1.807, 2.05) is 33.8 Å². The van der Waals surface area contributed by atoms with Crippen LogP contribution in [0.5, 0.6) is 5.75 Å². The lowest BCUT2D eigenvalue weighted by Gasteiger charge is -2.26. The minimum Gasteiger partial charge on any atom is -0.507 e. The van der Waals surface area contributed by atoms with Gasteiger partial charge in [0.1, 0.15) is 5.75 Å². The summed E-state index contributed by atoms with van der Waals surface area (Å²) >= 11 is 3.40. The van der Waals surface area contributed by atoms with E-state index in [0.29, 0.717) is 0 Å². The highest BCUT2D eigenvalue weighted by atomic mass is 79.9. The van der Waals surface area contributed by atoms with E-state index < -0.39 is 5.41 Å². The standard InChI is InChI=1S/C12H17BrO2/c1-7-5-9(13)8(2)11(15)10(7)12(3,4)6-14/h5,14-15H,6H2,1-4H3. The molecule has 0 heterocycles. The number of hydrogen-bond donors (Lipinski definition) is 2. The summed E-state index contributed by atoms with van der Waals surface area (Å²) in [4.78, 5) is 0. The zero-order valence-corrected chi connectivity index (χ0v) is 11.1. The van der Waals surface area contributed by atoms with Crippen molar-refractivity contribution in [2.45, 2.75) is 33.1 Å². The second-order valence-corrected chi connectivity index (χ2v) is 5.42. The maximum atomic E-state index is 10.1. The molecule has 2 nitrogen and oxygen atoms in total. The first-order chi connectivity index (χ1) is 6.81. The Kier molecular flexibility index (Phi) is 3.46. The highest BCUT2D eigenvalue weighted by molar-refractivity contribution is 9.10. The van der Waals surface area contributed by atoms with E-state index >= 15 is 0 Å². The summed E-state index contributed by atoms with van der Waals surface area (Å²) in [7, 11) is 0. The average molecular weight is 273 g/mol. The van der Waals surface area contributed by atoms with Gasteiger partial charge in [-0.1, -0.05) is 29.8 Å². The molecule has 0 aromatic heterocycles. The van der Waals surface area contributed by atoms with Crippen LogP contribution >= 0.6 is 15.9 Å². The van der Waals surface area contributed by atoms with Crippen LogP contribution in [0.25, 0.3) is 0 Å². The van der Waals surface area contributed by atoms with Crippen molar-refractivity contribution in [2.24, 2.45) is 0 Å². The van der Waals surface area contributed by atoms with Crippen LogP contribution in [0.15, 0.2) is 10.5 Å². The molecule has 15 heavy (non-hydrogen) atoms. The molecule has 1 aromatic rings. The van der Waals surface area contributed by atoms with Crippen molar-refractivity contribution in [1.82, 2.24) is 0 Å². The van der Waals surface area contributed by atoms with E-state index in [0.717, 1.165) is 21.2 Å². The molecule has 1 aromatic carbocycles. The van der Waals surface area contributed by atoms with Gasteiger partial charge in [0, 0.05) is 21.0 Å². The Balaban J connectivity index is 3.49. The van der Waals surface area contributed by atoms with E-state index in [2.05, 4.69) is 15.9 Å². The van der Waals surface area contributed by atoms with Crippen LogP contribution in [-0.2, 0) is 5.41 Å². The molecule has 0 fully saturated rings. The molecule has 3 heteroatoms. The number of aromatic hydroxyl groups is 1.